The van der Waals surface area contributed by atoms with Crippen molar-refractivity contribution in [3.63, 3.8) is 0 Å². The predicted molar refractivity (Wildman–Crippen MR) is 79.9 cm³/mol. The normalized spacial score (nSPS) is 19.6. The van der Waals surface area contributed by atoms with E-state index < -0.39 is 16.1 Å². The topological polar surface area (TPSA) is 79.4 Å². The molecule has 2 rings (SSSR count). The second-order valence-corrected chi connectivity index (χ2v) is 7.16. The molecule has 1 amide bonds. The molecule has 1 atom stereocenters. The van der Waals surface area contributed by atoms with Crippen LogP contribution in [0.3, 0.4) is 0 Å². The fourth-order valence-electron chi connectivity index (χ4n) is 2.51. The highest BCUT2D eigenvalue weighted by atomic mass is 32.2. The molecule has 116 valence electrons. The molecule has 0 spiro atoms. The Morgan fingerprint density at radius 3 is 2.95 bits per heavy atom. The number of nitrogens with zero attached hydrogens (tertiary/aromatic N) is 2. The van der Waals surface area contributed by atoms with E-state index in [1.54, 1.807) is 12.3 Å². The van der Waals surface area contributed by atoms with Crippen LogP contribution in [0.2, 0.25) is 0 Å². The highest BCUT2D eigenvalue weighted by Crippen LogP contribution is 2.22. The first-order valence-electron chi connectivity index (χ1n) is 7.21. The van der Waals surface area contributed by atoms with Crippen molar-refractivity contribution in [3.05, 3.63) is 30.1 Å². The molecule has 0 aromatic carbocycles. The largest absolute Gasteiger partial charge is 0.349 e. The van der Waals surface area contributed by atoms with Crippen molar-refractivity contribution in [2.45, 2.75) is 38.8 Å². The van der Waals surface area contributed by atoms with E-state index in [0.29, 0.717) is 25.9 Å². The minimum atomic E-state index is -3.33. The summed E-state index contributed by atoms with van der Waals surface area (Å²) in [6.07, 6.45) is 3.53. The Kier molecular flexibility index (Phi) is 5.30. The lowest BCUT2D eigenvalue weighted by atomic mass is 10.2. The van der Waals surface area contributed by atoms with Gasteiger partial charge in [0.05, 0.1) is 18.0 Å². The van der Waals surface area contributed by atoms with Gasteiger partial charge in [-0.05, 0) is 31.4 Å². The highest BCUT2D eigenvalue weighted by molar-refractivity contribution is 7.89. The van der Waals surface area contributed by atoms with Crippen molar-refractivity contribution in [2.24, 2.45) is 0 Å². The summed E-state index contributed by atoms with van der Waals surface area (Å²) in [5.41, 5.74) is 0.756. The van der Waals surface area contributed by atoms with Gasteiger partial charge >= 0.3 is 0 Å². The lowest BCUT2D eigenvalue weighted by molar-refractivity contribution is -0.124. The van der Waals surface area contributed by atoms with E-state index in [2.05, 4.69) is 10.3 Å². The van der Waals surface area contributed by atoms with Gasteiger partial charge < -0.3 is 5.32 Å². The Morgan fingerprint density at radius 1 is 1.48 bits per heavy atom. The molecular formula is C14H21N3O3S. The van der Waals surface area contributed by atoms with Gasteiger partial charge in [0, 0.05) is 12.7 Å². The average Bonchev–Trinajstić information content (AvgIpc) is 2.96. The molecule has 0 aliphatic carbocycles. The van der Waals surface area contributed by atoms with Crippen LogP contribution >= 0.6 is 0 Å². The number of amides is 1. The summed E-state index contributed by atoms with van der Waals surface area (Å²) in [4.78, 5) is 16.4. The summed E-state index contributed by atoms with van der Waals surface area (Å²) in [5.74, 6) is -0.144. The standard InChI is InChI=1S/C14H21N3O3S/c1-2-10-21(19,20)17-9-5-7-13(17)14(18)16-11-12-6-3-4-8-15-12/h3-4,6,8,13H,2,5,7,9-11H2,1H3,(H,16,18). The minimum absolute atomic E-state index is 0.0943. The molecule has 0 saturated carbocycles. The summed E-state index contributed by atoms with van der Waals surface area (Å²) in [6, 6.07) is 4.90. The van der Waals surface area contributed by atoms with Crippen LogP contribution in [-0.2, 0) is 21.4 Å². The smallest absolute Gasteiger partial charge is 0.238 e. The summed E-state index contributed by atoms with van der Waals surface area (Å²) >= 11 is 0. The number of carbonyl (C=O) groups is 1. The predicted octanol–water partition coefficient (Wildman–Crippen LogP) is 0.902. The summed E-state index contributed by atoms with van der Waals surface area (Å²) in [5, 5.41) is 2.78. The number of hydrogen-bond acceptors (Lipinski definition) is 4. The third kappa shape index (κ3) is 4.01. The maximum Gasteiger partial charge on any atom is 0.238 e. The monoisotopic (exact) mass is 311 g/mol. The summed E-state index contributed by atoms with van der Waals surface area (Å²) in [6.45, 7) is 2.58. The summed E-state index contributed by atoms with van der Waals surface area (Å²) in [7, 11) is -3.33. The molecular weight excluding hydrogens is 290 g/mol. The number of sulfonamides is 1. The molecule has 1 N–H and O–H groups in total. The van der Waals surface area contributed by atoms with Crippen LogP contribution in [0.5, 0.6) is 0 Å². The van der Waals surface area contributed by atoms with Crippen LogP contribution < -0.4 is 5.32 Å². The molecule has 21 heavy (non-hydrogen) atoms. The Balaban J connectivity index is 1.98. The third-order valence-corrected chi connectivity index (χ3v) is 5.57. The second kappa shape index (κ2) is 7.00. The Labute approximate surface area is 125 Å². The van der Waals surface area contributed by atoms with Crippen LogP contribution in [0.25, 0.3) is 0 Å². The first-order chi connectivity index (χ1) is 10.0. The molecule has 0 radical (unpaired) electrons. The van der Waals surface area contributed by atoms with Crippen LogP contribution in [0, 0.1) is 0 Å². The van der Waals surface area contributed by atoms with Gasteiger partial charge in [-0.2, -0.15) is 4.31 Å². The number of carbonyl (C=O) groups excluding carboxylic acids is 1. The maximum atomic E-state index is 12.2. The molecule has 7 heteroatoms. The highest BCUT2D eigenvalue weighted by Gasteiger charge is 2.37. The second-order valence-electron chi connectivity index (χ2n) is 5.12. The van der Waals surface area contributed by atoms with Gasteiger partial charge in [0.25, 0.3) is 0 Å². The SMILES string of the molecule is CCCS(=O)(=O)N1CCCC1C(=O)NCc1ccccn1. The molecule has 1 aromatic heterocycles. The van der Waals surface area contributed by atoms with Crippen LogP contribution in [0.15, 0.2) is 24.4 Å². The van der Waals surface area contributed by atoms with Gasteiger partial charge in [0.1, 0.15) is 6.04 Å². The number of nitrogens with one attached hydrogen (secondary N) is 1. The zero-order chi connectivity index (χ0) is 15.3. The van der Waals surface area contributed by atoms with Crippen molar-refractivity contribution in [1.82, 2.24) is 14.6 Å². The van der Waals surface area contributed by atoms with Crippen molar-refractivity contribution < 1.29 is 13.2 Å². The van der Waals surface area contributed by atoms with Gasteiger partial charge in [-0.15, -0.1) is 0 Å². The lowest BCUT2D eigenvalue weighted by Gasteiger charge is -2.23. The number of rotatable bonds is 6. The Bertz CT molecular complexity index is 574. The summed E-state index contributed by atoms with van der Waals surface area (Å²) < 4.78 is 25.7. The molecule has 1 fully saturated rings. The molecule has 1 aliphatic heterocycles. The zero-order valence-electron chi connectivity index (χ0n) is 12.2. The van der Waals surface area contributed by atoms with Gasteiger partial charge in [0.15, 0.2) is 0 Å². The van der Waals surface area contributed by atoms with Crippen molar-refractivity contribution in [3.8, 4) is 0 Å². The zero-order valence-corrected chi connectivity index (χ0v) is 13.0. The van der Waals surface area contributed by atoms with E-state index in [4.69, 9.17) is 0 Å². The van der Waals surface area contributed by atoms with Gasteiger partial charge in [-0.25, -0.2) is 8.42 Å². The van der Waals surface area contributed by atoms with E-state index in [-0.39, 0.29) is 11.7 Å². The first kappa shape index (κ1) is 15.9. The van der Waals surface area contributed by atoms with Gasteiger partial charge in [-0.1, -0.05) is 13.0 Å². The van der Waals surface area contributed by atoms with Gasteiger partial charge in [0.2, 0.25) is 15.9 Å². The maximum absolute atomic E-state index is 12.2. The lowest BCUT2D eigenvalue weighted by Crippen LogP contribution is -2.46. The molecule has 1 aliphatic rings. The third-order valence-electron chi connectivity index (χ3n) is 3.50. The molecule has 6 nitrogen and oxygen atoms in total. The van der Waals surface area contributed by atoms with Crippen molar-refractivity contribution >= 4 is 15.9 Å². The molecule has 1 saturated heterocycles. The van der Waals surface area contributed by atoms with Crippen LogP contribution in [-0.4, -0.2) is 42.0 Å². The average molecular weight is 311 g/mol. The minimum Gasteiger partial charge on any atom is -0.349 e. The van der Waals surface area contributed by atoms with Crippen molar-refractivity contribution in [2.75, 3.05) is 12.3 Å². The Hall–Kier alpha value is -1.47. The molecule has 0 bridgehead atoms. The quantitative estimate of drug-likeness (QED) is 0.846. The Morgan fingerprint density at radius 2 is 2.29 bits per heavy atom. The van der Waals surface area contributed by atoms with Crippen LogP contribution in [0.4, 0.5) is 0 Å². The van der Waals surface area contributed by atoms with E-state index in [1.807, 2.05) is 19.1 Å². The van der Waals surface area contributed by atoms with E-state index in [0.717, 1.165) is 12.1 Å². The van der Waals surface area contributed by atoms with E-state index >= 15 is 0 Å². The van der Waals surface area contributed by atoms with Gasteiger partial charge in [-0.3, -0.25) is 9.78 Å². The number of hydrogen-bond donors (Lipinski definition) is 1. The number of pyridine rings is 1. The molecule has 2 heterocycles. The number of aromatic nitrogens is 1. The van der Waals surface area contributed by atoms with E-state index in [9.17, 15) is 13.2 Å². The molecule has 1 aromatic rings. The van der Waals surface area contributed by atoms with Crippen LogP contribution in [0.1, 0.15) is 31.9 Å². The fraction of sp³-hybridized carbons (Fsp3) is 0.571. The molecule has 1 unspecified atom stereocenters. The van der Waals surface area contributed by atoms with Crippen molar-refractivity contribution in [1.29, 1.82) is 0 Å². The fourth-order valence-corrected chi connectivity index (χ4v) is 4.26. The van der Waals surface area contributed by atoms with E-state index in [1.165, 1.54) is 4.31 Å². The first-order valence-corrected chi connectivity index (χ1v) is 8.82.